The van der Waals surface area contributed by atoms with E-state index in [9.17, 15) is 19.2 Å². The van der Waals surface area contributed by atoms with Crippen molar-refractivity contribution in [1.29, 1.82) is 0 Å². The van der Waals surface area contributed by atoms with Gasteiger partial charge in [0.15, 0.2) is 0 Å². The molecule has 2 saturated heterocycles. The minimum Gasteiger partial charge on any atom is -0.339 e. The Labute approximate surface area is 188 Å². The average Bonchev–Trinajstić information content (AvgIpc) is 3.02. The van der Waals surface area contributed by atoms with Crippen LogP contribution in [0.2, 0.25) is 0 Å². The first-order valence-electron chi connectivity index (χ1n) is 11.2. The molecule has 0 spiro atoms. The number of hydrogen-bond acceptors (Lipinski definition) is 5. The molecule has 32 heavy (non-hydrogen) atoms. The van der Waals surface area contributed by atoms with Crippen LogP contribution in [0.4, 0.5) is 5.69 Å². The molecule has 170 valence electrons. The Morgan fingerprint density at radius 1 is 0.938 bits per heavy atom. The van der Waals surface area contributed by atoms with Gasteiger partial charge >= 0.3 is 0 Å². The summed E-state index contributed by atoms with van der Waals surface area (Å²) in [4.78, 5) is 55.2. The first-order chi connectivity index (χ1) is 15.3. The first-order valence-corrected chi connectivity index (χ1v) is 11.2. The lowest BCUT2D eigenvalue weighted by Crippen LogP contribution is -2.53. The Balaban J connectivity index is 1.25. The normalized spacial score (nSPS) is 23.4. The zero-order valence-corrected chi connectivity index (χ0v) is 18.7. The van der Waals surface area contributed by atoms with Gasteiger partial charge in [0.25, 0.3) is 0 Å². The van der Waals surface area contributed by atoms with Gasteiger partial charge in [0.2, 0.25) is 23.6 Å². The number of hydrogen-bond donors (Lipinski definition) is 1. The summed E-state index contributed by atoms with van der Waals surface area (Å²) in [6.07, 6.45) is 5.02. The van der Waals surface area contributed by atoms with Crippen molar-refractivity contribution in [1.82, 2.24) is 14.7 Å². The third-order valence-corrected chi connectivity index (χ3v) is 6.86. The molecule has 1 aromatic rings. The van der Waals surface area contributed by atoms with Crippen LogP contribution in [0.5, 0.6) is 0 Å². The highest BCUT2D eigenvalue weighted by molar-refractivity contribution is 6.07. The lowest BCUT2D eigenvalue weighted by molar-refractivity contribution is -0.147. The predicted molar refractivity (Wildman–Crippen MR) is 120 cm³/mol. The zero-order chi connectivity index (χ0) is 22.8. The molecule has 0 aromatic heterocycles. The van der Waals surface area contributed by atoms with Gasteiger partial charge in [-0.1, -0.05) is 24.3 Å². The molecule has 2 fully saturated rings. The summed E-state index contributed by atoms with van der Waals surface area (Å²) in [5, 5.41) is 2.97. The predicted octanol–water partition coefficient (Wildman–Crippen LogP) is 1.34. The molecule has 2 unspecified atom stereocenters. The second kappa shape index (κ2) is 9.24. The monoisotopic (exact) mass is 438 g/mol. The van der Waals surface area contributed by atoms with Gasteiger partial charge in [-0.25, -0.2) is 0 Å². The summed E-state index contributed by atoms with van der Waals surface area (Å²) < 4.78 is 0. The number of nitrogens with one attached hydrogen (secondary N) is 1. The van der Waals surface area contributed by atoms with Crippen LogP contribution in [0.1, 0.15) is 24.0 Å². The van der Waals surface area contributed by atoms with Crippen molar-refractivity contribution in [2.45, 2.75) is 26.7 Å². The molecule has 1 aliphatic carbocycles. The molecule has 0 radical (unpaired) electrons. The van der Waals surface area contributed by atoms with Gasteiger partial charge in [0.1, 0.15) is 6.54 Å². The lowest BCUT2D eigenvalue weighted by Gasteiger charge is -2.35. The van der Waals surface area contributed by atoms with Gasteiger partial charge < -0.3 is 10.2 Å². The number of fused-ring (bicyclic) bond motifs is 1. The maximum atomic E-state index is 12.8. The van der Waals surface area contributed by atoms with E-state index >= 15 is 0 Å². The molecule has 1 aromatic carbocycles. The highest BCUT2D eigenvalue weighted by atomic mass is 16.2. The van der Waals surface area contributed by atoms with Crippen LogP contribution in [-0.4, -0.2) is 77.6 Å². The number of carbonyl (C=O) groups excluding carboxylic acids is 4. The Morgan fingerprint density at radius 3 is 2.19 bits per heavy atom. The van der Waals surface area contributed by atoms with Crippen molar-refractivity contribution in [2.24, 2.45) is 11.8 Å². The second-order valence-corrected chi connectivity index (χ2v) is 8.87. The Hall–Kier alpha value is -3.00. The first kappa shape index (κ1) is 22.2. The van der Waals surface area contributed by atoms with Crippen molar-refractivity contribution in [3.63, 3.8) is 0 Å². The van der Waals surface area contributed by atoms with Crippen LogP contribution >= 0.6 is 0 Å². The van der Waals surface area contributed by atoms with E-state index < -0.39 is 0 Å². The average molecular weight is 439 g/mol. The van der Waals surface area contributed by atoms with Crippen molar-refractivity contribution >= 4 is 29.3 Å². The van der Waals surface area contributed by atoms with Crippen LogP contribution in [0.3, 0.4) is 0 Å². The summed E-state index contributed by atoms with van der Waals surface area (Å²) in [7, 11) is 0. The highest BCUT2D eigenvalue weighted by Crippen LogP contribution is 2.34. The van der Waals surface area contributed by atoms with Crippen LogP contribution < -0.4 is 5.32 Å². The van der Waals surface area contributed by atoms with Gasteiger partial charge in [-0.05, 0) is 43.9 Å². The standard InChI is InChI=1S/C24H30N4O4/c1-16-6-5-9-20(17(16)2)25-21(29)14-26-10-12-27(13-11-26)22(30)15-28-23(31)18-7-3-4-8-19(18)24(28)32/h3-6,9,18-19H,7-8,10-15H2,1-2H3,(H,25,29). The Kier molecular flexibility index (Phi) is 6.41. The van der Waals surface area contributed by atoms with Crippen molar-refractivity contribution in [3.8, 4) is 0 Å². The van der Waals surface area contributed by atoms with Crippen LogP contribution in [0, 0.1) is 25.7 Å². The van der Waals surface area contributed by atoms with E-state index in [1.807, 2.05) is 49.1 Å². The van der Waals surface area contributed by atoms with E-state index in [0.29, 0.717) is 39.0 Å². The van der Waals surface area contributed by atoms with Crippen LogP contribution in [0.15, 0.2) is 30.4 Å². The molecule has 4 amide bonds. The number of imide groups is 1. The highest BCUT2D eigenvalue weighted by Gasteiger charge is 2.48. The molecule has 8 heteroatoms. The zero-order valence-electron chi connectivity index (χ0n) is 18.7. The third-order valence-electron chi connectivity index (χ3n) is 6.86. The number of likely N-dealkylation sites (tertiary alicyclic amines) is 1. The number of rotatable bonds is 5. The lowest BCUT2D eigenvalue weighted by atomic mass is 9.85. The Morgan fingerprint density at radius 2 is 1.56 bits per heavy atom. The fourth-order valence-electron chi connectivity index (χ4n) is 4.69. The minimum atomic E-state index is -0.312. The molecule has 1 N–H and O–H groups in total. The van der Waals surface area contributed by atoms with Crippen molar-refractivity contribution < 1.29 is 19.2 Å². The molecule has 8 nitrogen and oxygen atoms in total. The number of allylic oxidation sites excluding steroid dienone is 2. The number of aryl methyl sites for hydroxylation is 1. The fourth-order valence-corrected chi connectivity index (χ4v) is 4.69. The van der Waals surface area contributed by atoms with E-state index in [2.05, 4.69) is 5.32 Å². The molecule has 4 rings (SSSR count). The smallest absolute Gasteiger partial charge is 0.242 e. The topological polar surface area (TPSA) is 90.0 Å². The molecule has 0 saturated carbocycles. The number of piperazine rings is 1. The van der Waals surface area contributed by atoms with E-state index in [4.69, 9.17) is 0 Å². The summed E-state index contributed by atoms with van der Waals surface area (Å²) in [6.45, 7) is 6.16. The number of amides is 4. The molecule has 2 aliphatic heterocycles. The second-order valence-electron chi connectivity index (χ2n) is 8.87. The van der Waals surface area contributed by atoms with Crippen molar-refractivity contribution in [2.75, 3.05) is 44.6 Å². The molecule has 0 bridgehead atoms. The summed E-state index contributed by atoms with van der Waals surface area (Å²) in [5.74, 6) is -1.36. The van der Waals surface area contributed by atoms with Gasteiger partial charge in [-0.3, -0.25) is 29.0 Å². The molecular formula is C24H30N4O4. The van der Waals surface area contributed by atoms with Gasteiger partial charge in [-0.2, -0.15) is 0 Å². The van der Waals surface area contributed by atoms with E-state index in [1.54, 1.807) is 4.90 Å². The number of nitrogens with zero attached hydrogens (tertiary/aromatic N) is 3. The van der Waals surface area contributed by atoms with Gasteiger partial charge in [-0.15, -0.1) is 0 Å². The van der Waals surface area contributed by atoms with Crippen molar-refractivity contribution in [3.05, 3.63) is 41.5 Å². The molecule has 3 aliphatic rings. The van der Waals surface area contributed by atoms with Crippen LogP contribution in [-0.2, 0) is 19.2 Å². The fraction of sp³-hybridized carbons (Fsp3) is 0.500. The Bertz CT molecular complexity index is 939. The quantitative estimate of drug-likeness (QED) is 0.554. The molecule has 2 heterocycles. The van der Waals surface area contributed by atoms with E-state index in [1.165, 1.54) is 0 Å². The summed E-state index contributed by atoms with van der Waals surface area (Å²) >= 11 is 0. The number of anilines is 1. The summed E-state index contributed by atoms with van der Waals surface area (Å²) in [5.41, 5.74) is 3.00. The molecular weight excluding hydrogens is 408 g/mol. The van der Waals surface area contributed by atoms with Gasteiger partial charge in [0, 0.05) is 31.9 Å². The van der Waals surface area contributed by atoms with Crippen LogP contribution in [0.25, 0.3) is 0 Å². The maximum Gasteiger partial charge on any atom is 0.242 e. The third kappa shape index (κ3) is 4.46. The molecule has 2 atom stereocenters. The van der Waals surface area contributed by atoms with E-state index in [0.717, 1.165) is 21.7 Å². The van der Waals surface area contributed by atoms with Gasteiger partial charge in [0.05, 0.1) is 18.4 Å². The summed E-state index contributed by atoms with van der Waals surface area (Å²) in [6, 6.07) is 5.82. The number of benzene rings is 1. The number of carbonyl (C=O) groups is 4. The largest absolute Gasteiger partial charge is 0.339 e. The maximum absolute atomic E-state index is 12.8. The minimum absolute atomic E-state index is 0.0806. The SMILES string of the molecule is Cc1cccc(NC(=O)CN2CCN(C(=O)CN3C(=O)C4CC=CCC4C3=O)CC2)c1C. The van der Waals surface area contributed by atoms with E-state index in [-0.39, 0.29) is 48.6 Å².